The van der Waals surface area contributed by atoms with E-state index in [0.717, 1.165) is 11.3 Å². The highest BCUT2D eigenvalue weighted by Gasteiger charge is 2.24. The van der Waals surface area contributed by atoms with Crippen molar-refractivity contribution >= 4 is 23.5 Å². The van der Waals surface area contributed by atoms with Gasteiger partial charge in [-0.05, 0) is 42.5 Å². The number of fused-ring (bicyclic) bond motifs is 1. The van der Waals surface area contributed by atoms with E-state index in [9.17, 15) is 14.4 Å². The fourth-order valence-electron chi connectivity index (χ4n) is 2.59. The predicted molar refractivity (Wildman–Crippen MR) is 86.1 cm³/mol. The average Bonchev–Trinajstić information content (AvgIpc) is 2.52. The smallest absolute Gasteiger partial charge is 0.328 e. The lowest BCUT2D eigenvalue weighted by Gasteiger charge is -2.20. The Labute approximate surface area is 135 Å². The fraction of sp³-hybridized carbons (Fsp3) is 0.471. The van der Waals surface area contributed by atoms with Crippen LogP contribution in [0.15, 0.2) is 18.2 Å². The van der Waals surface area contributed by atoms with E-state index in [-0.39, 0.29) is 17.7 Å². The maximum Gasteiger partial charge on any atom is 0.328 e. The highest BCUT2D eigenvalue weighted by atomic mass is 16.5. The van der Waals surface area contributed by atoms with Crippen molar-refractivity contribution in [3.05, 3.63) is 29.3 Å². The van der Waals surface area contributed by atoms with Gasteiger partial charge in [0.2, 0.25) is 5.91 Å². The van der Waals surface area contributed by atoms with Crippen LogP contribution >= 0.6 is 0 Å². The first kappa shape index (κ1) is 17.0. The van der Waals surface area contributed by atoms with E-state index in [4.69, 9.17) is 4.74 Å². The number of aryl methyl sites for hydroxylation is 1. The lowest BCUT2D eigenvalue weighted by Crippen LogP contribution is -2.42. The topological polar surface area (TPSA) is 84.5 Å². The second-order valence-electron chi connectivity index (χ2n) is 6.10. The van der Waals surface area contributed by atoms with Crippen molar-refractivity contribution in [1.82, 2.24) is 5.32 Å². The number of benzene rings is 1. The molecule has 1 aromatic carbocycles. The Kier molecular flexibility index (Phi) is 5.36. The number of anilines is 1. The van der Waals surface area contributed by atoms with Gasteiger partial charge in [-0.2, -0.15) is 0 Å². The Morgan fingerprint density at radius 1 is 1.30 bits per heavy atom. The van der Waals surface area contributed by atoms with Crippen molar-refractivity contribution in [2.24, 2.45) is 5.92 Å². The molecule has 0 spiro atoms. The molecule has 0 aromatic heterocycles. The van der Waals surface area contributed by atoms with Gasteiger partial charge in [0.25, 0.3) is 5.91 Å². The number of hydrogen-bond acceptors (Lipinski definition) is 4. The molecule has 6 nitrogen and oxygen atoms in total. The van der Waals surface area contributed by atoms with E-state index in [0.29, 0.717) is 24.8 Å². The normalized spacial score (nSPS) is 14.7. The molecule has 1 aromatic rings. The highest BCUT2D eigenvalue weighted by Crippen LogP contribution is 2.23. The Balaban J connectivity index is 2.13. The summed E-state index contributed by atoms with van der Waals surface area (Å²) in [5.74, 6) is -0.534. The Bertz CT molecular complexity index is 625. The van der Waals surface area contributed by atoms with E-state index in [1.807, 2.05) is 13.8 Å². The van der Waals surface area contributed by atoms with Gasteiger partial charge in [0.05, 0.1) is 7.11 Å². The molecule has 0 saturated carbocycles. The number of nitrogens with one attached hydrogen (secondary N) is 2. The summed E-state index contributed by atoms with van der Waals surface area (Å²) in [4.78, 5) is 35.6. The predicted octanol–water partition coefficient (Wildman–Crippen LogP) is 1.89. The van der Waals surface area contributed by atoms with E-state index in [1.165, 1.54) is 7.11 Å². The van der Waals surface area contributed by atoms with E-state index >= 15 is 0 Å². The van der Waals surface area contributed by atoms with Crippen molar-refractivity contribution in [3.8, 4) is 0 Å². The third-order valence-electron chi connectivity index (χ3n) is 3.76. The van der Waals surface area contributed by atoms with Gasteiger partial charge < -0.3 is 15.4 Å². The number of carbonyl (C=O) groups is 3. The summed E-state index contributed by atoms with van der Waals surface area (Å²) in [6.45, 7) is 3.95. The molecule has 0 fully saturated rings. The first-order valence-electron chi connectivity index (χ1n) is 7.72. The van der Waals surface area contributed by atoms with Crippen molar-refractivity contribution in [2.75, 3.05) is 12.4 Å². The van der Waals surface area contributed by atoms with Crippen LogP contribution in [0.3, 0.4) is 0 Å². The second-order valence-corrected chi connectivity index (χ2v) is 6.10. The first-order chi connectivity index (χ1) is 10.9. The number of rotatable bonds is 5. The molecule has 1 aliphatic heterocycles. The molecule has 0 radical (unpaired) electrons. The number of hydrogen-bond donors (Lipinski definition) is 2. The molecule has 6 heteroatoms. The third-order valence-corrected chi connectivity index (χ3v) is 3.76. The molecular formula is C17H22N2O4. The minimum absolute atomic E-state index is 0.0163. The van der Waals surface area contributed by atoms with Gasteiger partial charge in [-0.25, -0.2) is 4.79 Å². The average molecular weight is 318 g/mol. The van der Waals surface area contributed by atoms with E-state index in [2.05, 4.69) is 10.6 Å². The summed E-state index contributed by atoms with van der Waals surface area (Å²) in [6.07, 6.45) is 1.53. The summed E-state index contributed by atoms with van der Waals surface area (Å²) in [7, 11) is 1.31. The minimum atomic E-state index is -0.664. The van der Waals surface area contributed by atoms with Crippen LogP contribution in [0.1, 0.15) is 42.6 Å². The maximum atomic E-state index is 12.4. The minimum Gasteiger partial charge on any atom is -0.467 e. The summed E-state index contributed by atoms with van der Waals surface area (Å²) >= 11 is 0. The van der Waals surface area contributed by atoms with Crippen LogP contribution < -0.4 is 10.6 Å². The van der Waals surface area contributed by atoms with Crippen LogP contribution in [0.2, 0.25) is 0 Å². The van der Waals surface area contributed by atoms with E-state index in [1.54, 1.807) is 18.2 Å². The SMILES string of the molecule is COC(=O)[C@@H](CC(C)C)NC(=O)c1ccc2c(c1)CCC(=O)N2. The van der Waals surface area contributed by atoms with Crippen LogP contribution in [0.5, 0.6) is 0 Å². The number of ether oxygens (including phenoxy) is 1. The molecule has 124 valence electrons. The summed E-state index contributed by atoms with van der Waals surface area (Å²) in [6, 6.07) is 4.46. The van der Waals surface area contributed by atoms with Gasteiger partial charge in [-0.3, -0.25) is 9.59 Å². The van der Waals surface area contributed by atoms with Gasteiger partial charge in [-0.15, -0.1) is 0 Å². The zero-order chi connectivity index (χ0) is 17.0. The van der Waals surface area contributed by atoms with Crippen LogP contribution in [0, 0.1) is 5.92 Å². The van der Waals surface area contributed by atoms with Gasteiger partial charge >= 0.3 is 5.97 Å². The molecule has 1 heterocycles. The molecule has 1 aliphatic rings. The summed E-state index contributed by atoms with van der Waals surface area (Å²) in [5.41, 5.74) is 2.14. The van der Waals surface area contributed by atoms with Crippen LogP contribution in [0.25, 0.3) is 0 Å². The zero-order valence-corrected chi connectivity index (χ0v) is 13.6. The maximum absolute atomic E-state index is 12.4. The van der Waals surface area contributed by atoms with Crippen LogP contribution in [-0.2, 0) is 20.7 Å². The summed E-state index contributed by atoms with van der Waals surface area (Å²) < 4.78 is 4.75. The zero-order valence-electron chi connectivity index (χ0n) is 13.6. The monoisotopic (exact) mass is 318 g/mol. The van der Waals surface area contributed by atoms with Gasteiger partial charge in [0.15, 0.2) is 0 Å². The molecule has 2 rings (SSSR count). The number of esters is 1. The first-order valence-corrected chi connectivity index (χ1v) is 7.72. The lowest BCUT2D eigenvalue weighted by molar-refractivity contribution is -0.143. The second kappa shape index (κ2) is 7.26. The van der Waals surface area contributed by atoms with Crippen molar-refractivity contribution in [2.45, 2.75) is 39.2 Å². The van der Waals surface area contributed by atoms with Crippen molar-refractivity contribution < 1.29 is 19.1 Å². The standard InChI is InChI=1S/C17H22N2O4/c1-10(2)8-14(17(22)23-3)19-16(21)12-4-6-13-11(9-12)5-7-15(20)18-13/h4,6,9-10,14H,5,7-8H2,1-3H3,(H,18,20)(H,19,21)/t14-/m1/s1. The molecule has 0 saturated heterocycles. The highest BCUT2D eigenvalue weighted by molar-refractivity contribution is 5.99. The van der Waals surface area contributed by atoms with Crippen LogP contribution in [-0.4, -0.2) is 30.9 Å². The van der Waals surface area contributed by atoms with Gasteiger partial charge in [0, 0.05) is 17.7 Å². The number of methoxy groups -OCH3 is 1. The molecule has 0 aliphatic carbocycles. The molecule has 0 bridgehead atoms. The molecule has 23 heavy (non-hydrogen) atoms. The number of amides is 2. The van der Waals surface area contributed by atoms with Crippen molar-refractivity contribution in [1.29, 1.82) is 0 Å². The third kappa shape index (κ3) is 4.31. The van der Waals surface area contributed by atoms with Gasteiger partial charge in [-0.1, -0.05) is 13.8 Å². The molecule has 0 unspecified atom stereocenters. The molecular weight excluding hydrogens is 296 g/mol. The summed E-state index contributed by atoms with van der Waals surface area (Å²) in [5, 5.41) is 5.51. The van der Waals surface area contributed by atoms with Crippen molar-refractivity contribution in [3.63, 3.8) is 0 Å². The largest absolute Gasteiger partial charge is 0.467 e. The van der Waals surface area contributed by atoms with Gasteiger partial charge in [0.1, 0.15) is 6.04 Å². The Morgan fingerprint density at radius 3 is 2.70 bits per heavy atom. The Morgan fingerprint density at radius 2 is 2.04 bits per heavy atom. The van der Waals surface area contributed by atoms with E-state index < -0.39 is 12.0 Å². The Hall–Kier alpha value is -2.37. The quantitative estimate of drug-likeness (QED) is 0.812. The lowest BCUT2D eigenvalue weighted by atomic mass is 9.99. The molecule has 2 N–H and O–H groups in total. The number of carbonyl (C=O) groups excluding carboxylic acids is 3. The fourth-order valence-corrected chi connectivity index (χ4v) is 2.59. The molecule has 1 atom stereocenters. The van der Waals surface area contributed by atoms with Crippen LogP contribution in [0.4, 0.5) is 5.69 Å². The molecule has 2 amide bonds.